The number of nitrogens with zero attached hydrogens (tertiary/aromatic N) is 1. The molecule has 19 heavy (non-hydrogen) atoms. The topological polar surface area (TPSA) is 77.2 Å². The number of carbonyl (C=O) groups is 1. The lowest BCUT2D eigenvalue weighted by molar-refractivity contribution is 0.0602. The number of anilines is 2. The molecule has 0 amide bonds. The molecule has 1 aromatic rings. The third-order valence-corrected chi connectivity index (χ3v) is 3.70. The maximum atomic E-state index is 11.6. The molecule has 1 heterocycles. The highest BCUT2D eigenvalue weighted by Gasteiger charge is 2.31. The van der Waals surface area contributed by atoms with Crippen LogP contribution in [0.1, 0.15) is 43.5 Å². The third-order valence-electron chi connectivity index (χ3n) is 3.70. The van der Waals surface area contributed by atoms with Gasteiger partial charge in [0.15, 0.2) is 0 Å². The van der Waals surface area contributed by atoms with Gasteiger partial charge >= 0.3 is 5.97 Å². The molecule has 1 fully saturated rings. The molecule has 104 valence electrons. The molecular weight excluding hydrogens is 242 g/mol. The van der Waals surface area contributed by atoms with E-state index in [9.17, 15) is 4.79 Å². The van der Waals surface area contributed by atoms with Crippen LogP contribution in [0, 0.1) is 5.41 Å². The van der Waals surface area contributed by atoms with Crippen LogP contribution < -0.4 is 11.1 Å². The maximum Gasteiger partial charge on any atom is 0.340 e. The largest absolute Gasteiger partial charge is 0.465 e. The smallest absolute Gasteiger partial charge is 0.340 e. The first-order valence-corrected chi connectivity index (χ1v) is 6.52. The van der Waals surface area contributed by atoms with Gasteiger partial charge in [-0.05, 0) is 30.7 Å². The van der Waals surface area contributed by atoms with Gasteiger partial charge in [0.2, 0.25) is 0 Å². The summed E-state index contributed by atoms with van der Waals surface area (Å²) >= 11 is 0. The van der Waals surface area contributed by atoms with Gasteiger partial charge in [-0.15, -0.1) is 0 Å². The van der Waals surface area contributed by atoms with Crippen LogP contribution in [0.2, 0.25) is 0 Å². The molecule has 5 nitrogen and oxygen atoms in total. The molecule has 0 radical (unpaired) electrons. The summed E-state index contributed by atoms with van der Waals surface area (Å²) in [5.41, 5.74) is 7.05. The number of aromatic nitrogens is 1. The summed E-state index contributed by atoms with van der Waals surface area (Å²) in [6.45, 7) is 4.52. The molecular formula is C14H21N3O2. The Kier molecular flexibility index (Phi) is 3.64. The number of nitrogen functional groups attached to an aromatic ring is 1. The van der Waals surface area contributed by atoms with E-state index in [4.69, 9.17) is 10.5 Å². The number of nitrogens with two attached hydrogens (primary N) is 1. The maximum absolute atomic E-state index is 11.6. The van der Waals surface area contributed by atoms with Crippen molar-refractivity contribution < 1.29 is 9.53 Å². The Labute approximate surface area is 113 Å². The van der Waals surface area contributed by atoms with Gasteiger partial charge in [0.05, 0.1) is 18.4 Å². The van der Waals surface area contributed by atoms with E-state index in [0.29, 0.717) is 28.5 Å². The van der Waals surface area contributed by atoms with Crippen molar-refractivity contribution in [2.45, 2.75) is 39.2 Å². The Morgan fingerprint density at radius 3 is 2.89 bits per heavy atom. The van der Waals surface area contributed by atoms with Gasteiger partial charge in [-0.25, -0.2) is 9.78 Å². The van der Waals surface area contributed by atoms with Gasteiger partial charge in [0.25, 0.3) is 0 Å². The summed E-state index contributed by atoms with van der Waals surface area (Å²) in [5, 5.41) is 3.34. The normalized spacial score (nSPS) is 21.1. The lowest BCUT2D eigenvalue weighted by Crippen LogP contribution is -2.20. The fraction of sp³-hybridized carbons (Fsp3) is 0.571. The first-order chi connectivity index (χ1) is 8.93. The van der Waals surface area contributed by atoms with E-state index < -0.39 is 5.97 Å². The molecule has 0 bridgehead atoms. The van der Waals surface area contributed by atoms with E-state index >= 15 is 0 Å². The lowest BCUT2D eigenvalue weighted by Gasteiger charge is -2.19. The number of pyridine rings is 1. The molecule has 3 N–H and O–H groups in total. The molecule has 1 aromatic heterocycles. The van der Waals surface area contributed by atoms with Gasteiger partial charge in [-0.2, -0.15) is 0 Å². The molecule has 0 saturated heterocycles. The number of carbonyl (C=O) groups excluding carboxylic acids is 1. The van der Waals surface area contributed by atoms with Gasteiger partial charge < -0.3 is 15.8 Å². The van der Waals surface area contributed by atoms with E-state index in [1.54, 1.807) is 12.3 Å². The van der Waals surface area contributed by atoms with Crippen LogP contribution in [0.4, 0.5) is 11.5 Å². The quantitative estimate of drug-likeness (QED) is 0.819. The van der Waals surface area contributed by atoms with E-state index in [1.807, 2.05) is 0 Å². The van der Waals surface area contributed by atoms with E-state index in [1.165, 1.54) is 13.5 Å². The zero-order valence-corrected chi connectivity index (χ0v) is 11.7. The standard InChI is InChI=1S/C14H21N3O2/c1-14(2)6-4-9(8-14)17-12-11(15)10(5-7-16-12)13(18)19-3/h5,7,9H,4,6,8,15H2,1-3H3,(H,16,17). The molecule has 1 atom stereocenters. The van der Waals surface area contributed by atoms with Crippen molar-refractivity contribution in [1.29, 1.82) is 0 Å². The van der Waals surface area contributed by atoms with Crippen LogP contribution in [-0.4, -0.2) is 24.1 Å². The third kappa shape index (κ3) is 2.97. The van der Waals surface area contributed by atoms with E-state index in [-0.39, 0.29) is 0 Å². The summed E-state index contributed by atoms with van der Waals surface area (Å²) < 4.78 is 4.70. The van der Waals surface area contributed by atoms with E-state index in [0.717, 1.165) is 12.8 Å². The number of methoxy groups -OCH3 is 1. The average molecular weight is 263 g/mol. The second kappa shape index (κ2) is 5.07. The molecule has 0 aromatic carbocycles. The van der Waals surface area contributed by atoms with Crippen molar-refractivity contribution in [1.82, 2.24) is 4.98 Å². The summed E-state index contributed by atoms with van der Waals surface area (Å²) in [6, 6.07) is 1.93. The highest BCUT2D eigenvalue weighted by molar-refractivity contribution is 5.97. The van der Waals surface area contributed by atoms with Crippen LogP contribution in [-0.2, 0) is 4.74 Å². The molecule has 1 aliphatic carbocycles. The highest BCUT2D eigenvalue weighted by Crippen LogP contribution is 2.38. The number of hydrogen-bond acceptors (Lipinski definition) is 5. The summed E-state index contributed by atoms with van der Waals surface area (Å²) in [4.78, 5) is 15.8. The molecule has 1 unspecified atom stereocenters. The summed E-state index contributed by atoms with van der Waals surface area (Å²) in [5.74, 6) is 0.139. The van der Waals surface area contributed by atoms with Crippen LogP contribution in [0.5, 0.6) is 0 Å². The van der Waals surface area contributed by atoms with Gasteiger partial charge in [-0.1, -0.05) is 13.8 Å². The molecule has 5 heteroatoms. The monoisotopic (exact) mass is 263 g/mol. The zero-order valence-electron chi connectivity index (χ0n) is 11.7. The fourth-order valence-electron chi connectivity index (χ4n) is 2.63. The van der Waals surface area contributed by atoms with Crippen molar-refractivity contribution in [3.05, 3.63) is 17.8 Å². The number of rotatable bonds is 3. The second-order valence-corrected chi connectivity index (χ2v) is 5.86. The molecule has 2 rings (SSSR count). The average Bonchev–Trinajstić information content (AvgIpc) is 2.70. The Morgan fingerprint density at radius 2 is 2.32 bits per heavy atom. The molecule has 0 spiro atoms. The van der Waals surface area contributed by atoms with Crippen molar-refractivity contribution in [3.8, 4) is 0 Å². The molecule has 1 aliphatic rings. The van der Waals surface area contributed by atoms with Crippen LogP contribution in [0.25, 0.3) is 0 Å². The van der Waals surface area contributed by atoms with Crippen molar-refractivity contribution in [2.75, 3.05) is 18.2 Å². The van der Waals surface area contributed by atoms with Gasteiger partial charge in [0, 0.05) is 12.2 Å². The first-order valence-electron chi connectivity index (χ1n) is 6.52. The minimum Gasteiger partial charge on any atom is -0.465 e. The Balaban J connectivity index is 2.15. The summed E-state index contributed by atoms with van der Waals surface area (Å²) in [7, 11) is 1.34. The predicted octanol–water partition coefficient (Wildman–Crippen LogP) is 2.44. The predicted molar refractivity (Wildman–Crippen MR) is 75.0 cm³/mol. The minimum atomic E-state index is -0.435. The number of hydrogen-bond donors (Lipinski definition) is 2. The van der Waals surface area contributed by atoms with Gasteiger partial charge in [-0.3, -0.25) is 0 Å². The first kappa shape index (κ1) is 13.6. The molecule has 0 aliphatic heterocycles. The highest BCUT2D eigenvalue weighted by atomic mass is 16.5. The SMILES string of the molecule is COC(=O)c1ccnc(NC2CCC(C)(C)C2)c1N. The number of ether oxygens (including phenoxy) is 1. The Morgan fingerprint density at radius 1 is 1.58 bits per heavy atom. The van der Waals surface area contributed by atoms with Gasteiger partial charge in [0.1, 0.15) is 5.82 Å². The minimum absolute atomic E-state index is 0.354. The van der Waals surface area contributed by atoms with Crippen LogP contribution >= 0.6 is 0 Å². The number of nitrogens with one attached hydrogen (secondary N) is 1. The van der Waals surface area contributed by atoms with Crippen molar-refractivity contribution in [3.63, 3.8) is 0 Å². The van der Waals surface area contributed by atoms with E-state index in [2.05, 4.69) is 24.1 Å². The van der Waals surface area contributed by atoms with Crippen molar-refractivity contribution >= 4 is 17.5 Å². The van der Waals surface area contributed by atoms with Crippen LogP contribution in [0.3, 0.4) is 0 Å². The van der Waals surface area contributed by atoms with Crippen molar-refractivity contribution in [2.24, 2.45) is 5.41 Å². The number of esters is 1. The Hall–Kier alpha value is -1.78. The second-order valence-electron chi connectivity index (χ2n) is 5.86. The van der Waals surface area contributed by atoms with Crippen LogP contribution in [0.15, 0.2) is 12.3 Å². The summed E-state index contributed by atoms with van der Waals surface area (Å²) in [6.07, 6.45) is 4.93. The Bertz CT molecular complexity index is 486. The lowest BCUT2D eigenvalue weighted by atomic mass is 9.92. The molecule has 1 saturated carbocycles. The zero-order chi connectivity index (χ0) is 14.0. The fourth-order valence-corrected chi connectivity index (χ4v) is 2.63.